The zero-order valence-corrected chi connectivity index (χ0v) is 15.2. The maximum atomic E-state index is 12.6. The zero-order chi connectivity index (χ0) is 17.4. The molecule has 6 heteroatoms. The number of para-hydroxylation sites is 2. The number of carbonyl (C=O) groups excluding carboxylic acids is 1. The van der Waals surface area contributed by atoms with Crippen molar-refractivity contribution in [2.24, 2.45) is 0 Å². The molecule has 0 aliphatic carbocycles. The average molecular weight is 402 g/mol. The lowest BCUT2D eigenvalue weighted by molar-refractivity contribution is 0.0503. The normalized spacial score (nSPS) is 16.0. The Balaban J connectivity index is 1.47. The summed E-state index contributed by atoms with van der Waals surface area (Å²) in [5.41, 5.74) is 0.686. The van der Waals surface area contributed by atoms with Crippen LogP contribution in [0.3, 0.4) is 0 Å². The summed E-state index contributed by atoms with van der Waals surface area (Å²) in [6.45, 7) is 0.815. The van der Waals surface area contributed by atoms with Crippen molar-refractivity contribution in [3.05, 3.63) is 58.8 Å². The van der Waals surface area contributed by atoms with E-state index in [0.717, 1.165) is 15.6 Å². The molecule has 1 atom stereocenters. The molecule has 1 unspecified atom stereocenters. The minimum Gasteiger partial charge on any atom is -0.486 e. The molecule has 5 nitrogen and oxygen atoms in total. The SMILES string of the molecule is CN(CC1COc2ccccc2O1)C(=O)c1cc2cc(Br)ccc2o1. The molecule has 1 aromatic heterocycles. The predicted molar refractivity (Wildman–Crippen MR) is 97.2 cm³/mol. The van der Waals surface area contributed by atoms with E-state index in [2.05, 4.69) is 15.9 Å². The molecule has 0 saturated heterocycles. The highest BCUT2D eigenvalue weighted by molar-refractivity contribution is 9.10. The first-order chi connectivity index (χ1) is 12.1. The lowest BCUT2D eigenvalue weighted by atomic mass is 10.2. The number of likely N-dealkylation sites (N-methyl/N-ethyl adjacent to an activating group) is 1. The molecule has 0 fully saturated rings. The Morgan fingerprint density at radius 2 is 2.00 bits per heavy atom. The van der Waals surface area contributed by atoms with Crippen LogP contribution >= 0.6 is 15.9 Å². The largest absolute Gasteiger partial charge is 0.486 e. The molecular weight excluding hydrogens is 386 g/mol. The van der Waals surface area contributed by atoms with E-state index in [1.807, 2.05) is 42.5 Å². The first-order valence-electron chi connectivity index (χ1n) is 7.93. The zero-order valence-electron chi connectivity index (χ0n) is 13.6. The van der Waals surface area contributed by atoms with Crippen molar-refractivity contribution in [2.75, 3.05) is 20.2 Å². The summed E-state index contributed by atoms with van der Waals surface area (Å²) in [4.78, 5) is 14.2. The van der Waals surface area contributed by atoms with Crippen LogP contribution in [0.2, 0.25) is 0 Å². The second kappa shape index (κ2) is 6.44. The van der Waals surface area contributed by atoms with Crippen molar-refractivity contribution >= 4 is 32.8 Å². The number of halogens is 1. The van der Waals surface area contributed by atoms with E-state index in [-0.39, 0.29) is 12.0 Å². The third-order valence-electron chi connectivity index (χ3n) is 4.08. The van der Waals surface area contributed by atoms with Crippen LogP contribution in [-0.4, -0.2) is 37.1 Å². The van der Waals surface area contributed by atoms with Gasteiger partial charge in [-0.15, -0.1) is 0 Å². The van der Waals surface area contributed by atoms with Crippen molar-refractivity contribution in [1.29, 1.82) is 0 Å². The van der Waals surface area contributed by atoms with Crippen LogP contribution in [-0.2, 0) is 0 Å². The van der Waals surface area contributed by atoms with Gasteiger partial charge in [-0.25, -0.2) is 0 Å². The van der Waals surface area contributed by atoms with E-state index in [9.17, 15) is 4.79 Å². The molecule has 25 heavy (non-hydrogen) atoms. The Morgan fingerprint density at radius 3 is 2.84 bits per heavy atom. The quantitative estimate of drug-likeness (QED) is 0.662. The Bertz CT molecular complexity index is 936. The highest BCUT2D eigenvalue weighted by atomic mass is 79.9. The number of fused-ring (bicyclic) bond motifs is 2. The van der Waals surface area contributed by atoms with Crippen molar-refractivity contribution < 1.29 is 18.7 Å². The van der Waals surface area contributed by atoms with Gasteiger partial charge in [0.05, 0.1) is 6.54 Å². The van der Waals surface area contributed by atoms with E-state index < -0.39 is 0 Å². The summed E-state index contributed by atoms with van der Waals surface area (Å²) in [6.07, 6.45) is -0.220. The van der Waals surface area contributed by atoms with E-state index in [1.54, 1.807) is 18.0 Å². The van der Waals surface area contributed by atoms with Gasteiger partial charge < -0.3 is 18.8 Å². The first-order valence-corrected chi connectivity index (χ1v) is 8.72. The van der Waals surface area contributed by atoms with Gasteiger partial charge in [0.2, 0.25) is 0 Å². The van der Waals surface area contributed by atoms with Gasteiger partial charge >= 0.3 is 0 Å². The van der Waals surface area contributed by atoms with Gasteiger partial charge in [0.25, 0.3) is 5.91 Å². The first kappa shape index (κ1) is 16.0. The van der Waals surface area contributed by atoms with Crippen molar-refractivity contribution in [3.8, 4) is 11.5 Å². The lowest BCUT2D eigenvalue weighted by Gasteiger charge is -2.29. The number of carbonyl (C=O) groups is 1. The van der Waals surface area contributed by atoms with Gasteiger partial charge in [-0.1, -0.05) is 28.1 Å². The molecule has 128 valence electrons. The van der Waals surface area contributed by atoms with Crippen LogP contribution in [0.25, 0.3) is 11.0 Å². The topological polar surface area (TPSA) is 51.9 Å². The van der Waals surface area contributed by atoms with Crippen LogP contribution in [0.15, 0.2) is 57.4 Å². The number of ether oxygens (including phenoxy) is 2. The summed E-state index contributed by atoms with van der Waals surface area (Å²) in [5, 5.41) is 0.886. The number of hydrogen-bond acceptors (Lipinski definition) is 4. The Morgan fingerprint density at radius 1 is 1.20 bits per heavy atom. The third-order valence-corrected chi connectivity index (χ3v) is 4.57. The average Bonchev–Trinajstić information content (AvgIpc) is 3.04. The van der Waals surface area contributed by atoms with E-state index in [1.165, 1.54) is 0 Å². The number of furan rings is 1. The monoisotopic (exact) mass is 401 g/mol. The van der Waals surface area contributed by atoms with E-state index in [4.69, 9.17) is 13.9 Å². The van der Waals surface area contributed by atoms with Crippen LogP contribution < -0.4 is 9.47 Å². The summed E-state index contributed by atoms with van der Waals surface area (Å²) in [6, 6.07) is 14.9. The molecule has 3 aromatic rings. The number of benzene rings is 2. The highest BCUT2D eigenvalue weighted by Gasteiger charge is 2.25. The van der Waals surface area contributed by atoms with Crippen molar-refractivity contribution in [1.82, 2.24) is 4.90 Å². The molecule has 1 amide bonds. The molecule has 0 radical (unpaired) electrons. The molecule has 2 aromatic carbocycles. The minimum absolute atomic E-state index is 0.185. The minimum atomic E-state index is -0.220. The maximum absolute atomic E-state index is 12.6. The Labute approximate surface area is 153 Å². The molecule has 0 saturated carbocycles. The van der Waals surface area contributed by atoms with Crippen molar-refractivity contribution in [3.63, 3.8) is 0 Å². The molecule has 4 rings (SSSR count). The Hall–Kier alpha value is -2.47. The summed E-state index contributed by atoms with van der Waals surface area (Å²) >= 11 is 3.42. The fourth-order valence-electron chi connectivity index (χ4n) is 2.85. The van der Waals surface area contributed by atoms with Crippen LogP contribution in [0.1, 0.15) is 10.6 Å². The fraction of sp³-hybridized carbons (Fsp3) is 0.211. The second-order valence-corrected chi connectivity index (χ2v) is 6.89. The highest BCUT2D eigenvalue weighted by Crippen LogP contribution is 2.31. The van der Waals surface area contributed by atoms with E-state index in [0.29, 0.717) is 30.2 Å². The molecule has 1 aliphatic rings. The standard InChI is InChI=1S/C19H16BrNO4/c1-21(10-14-11-23-16-4-2-3-5-17(16)24-14)19(22)18-9-12-8-13(20)6-7-15(12)25-18/h2-9,14H,10-11H2,1H3. The van der Waals surface area contributed by atoms with Crippen molar-refractivity contribution in [2.45, 2.75) is 6.10 Å². The predicted octanol–water partition coefficient (Wildman–Crippen LogP) is 4.11. The number of amides is 1. The molecule has 0 spiro atoms. The van der Waals surface area contributed by atoms with Gasteiger partial charge in [0, 0.05) is 16.9 Å². The van der Waals surface area contributed by atoms with Gasteiger partial charge in [0.15, 0.2) is 23.4 Å². The second-order valence-electron chi connectivity index (χ2n) is 5.98. The summed E-state index contributed by atoms with van der Waals surface area (Å²) in [5.74, 6) is 1.56. The molecule has 2 heterocycles. The van der Waals surface area contributed by atoms with Crippen LogP contribution in [0.5, 0.6) is 11.5 Å². The summed E-state index contributed by atoms with van der Waals surface area (Å²) < 4.78 is 18.2. The lowest BCUT2D eigenvalue weighted by Crippen LogP contribution is -2.41. The van der Waals surface area contributed by atoms with Gasteiger partial charge in [-0.05, 0) is 36.4 Å². The molecule has 0 bridgehead atoms. The molecule has 0 N–H and O–H groups in total. The maximum Gasteiger partial charge on any atom is 0.289 e. The van der Waals surface area contributed by atoms with Crippen LogP contribution in [0.4, 0.5) is 0 Å². The third kappa shape index (κ3) is 3.22. The smallest absolute Gasteiger partial charge is 0.289 e. The molecule has 1 aliphatic heterocycles. The van der Waals surface area contributed by atoms with Gasteiger partial charge in [0.1, 0.15) is 12.2 Å². The number of hydrogen-bond donors (Lipinski definition) is 0. The van der Waals surface area contributed by atoms with E-state index >= 15 is 0 Å². The fourth-order valence-corrected chi connectivity index (χ4v) is 3.23. The van der Waals surface area contributed by atoms with Crippen LogP contribution in [0, 0.1) is 0 Å². The number of rotatable bonds is 3. The number of nitrogens with zero attached hydrogens (tertiary/aromatic N) is 1. The molecular formula is C19H16BrNO4. The van der Waals surface area contributed by atoms with Gasteiger partial charge in [-0.3, -0.25) is 4.79 Å². The Kier molecular flexibility index (Phi) is 4.13. The summed E-state index contributed by atoms with van der Waals surface area (Å²) in [7, 11) is 1.73. The van der Waals surface area contributed by atoms with Gasteiger partial charge in [-0.2, -0.15) is 0 Å².